The molecule has 2 aromatic rings. The van der Waals surface area contributed by atoms with Gasteiger partial charge in [-0.15, -0.1) is 0 Å². The van der Waals surface area contributed by atoms with Crippen LogP contribution in [0.1, 0.15) is 5.56 Å². The van der Waals surface area contributed by atoms with Crippen LogP contribution in [0.5, 0.6) is 11.6 Å². The van der Waals surface area contributed by atoms with E-state index in [1.54, 1.807) is 36.4 Å². The zero-order chi connectivity index (χ0) is 15.9. The number of carbonyl (C=O) groups excluding carboxylic acids is 1. The Labute approximate surface area is 133 Å². The first-order valence-electron chi connectivity index (χ1n) is 6.35. The molecule has 0 amide bonds. The number of aromatic nitrogens is 1. The molecule has 22 heavy (non-hydrogen) atoms. The van der Waals surface area contributed by atoms with Crippen LogP contribution in [0.2, 0.25) is 5.02 Å². The molecule has 0 aliphatic heterocycles. The lowest BCUT2D eigenvalue weighted by molar-refractivity contribution is -0.133. The molecule has 0 spiro atoms. The van der Waals surface area contributed by atoms with Crippen LogP contribution in [-0.2, 0) is 14.3 Å². The second-order valence-electron chi connectivity index (χ2n) is 4.17. The third kappa shape index (κ3) is 3.77. The van der Waals surface area contributed by atoms with Gasteiger partial charge in [0.15, 0.2) is 0 Å². The minimum atomic E-state index is -0.531. The standard InChI is InChI=1S/C16H14ClNO4/c1-20-10-13(16(19)21-2)12-5-3-4-6-14(12)22-15-9-11(17)7-8-18-15/h3-10H,1-2H3/b13-10+. The lowest BCUT2D eigenvalue weighted by Gasteiger charge is -2.12. The Bertz CT molecular complexity index is 700. The van der Waals surface area contributed by atoms with Crippen molar-refractivity contribution in [1.82, 2.24) is 4.98 Å². The SMILES string of the molecule is CO/C=C(/C(=O)OC)c1ccccc1Oc1cc(Cl)ccn1. The molecule has 0 saturated heterocycles. The Morgan fingerprint density at radius 1 is 1.23 bits per heavy atom. The van der Waals surface area contributed by atoms with Gasteiger partial charge >= 0.3 is 5.97 Å². The molecule has 0 fully saturated rings. The molecule has 0 unspecified atom stereocenters. The molecule has 0 aliphatic carbocycles. The molecular weight excluding hydrogens is 306 g/mol. The molecule has 1 aromatic carbocycles. The summed E-state index contributed by atoms with van der Waals surface area (Å²) in [6.45, 7) is 0. The Morgan fingerprint density at radius 2 is 2.00 bits per heavy atom. The Kier molecular flexibility index (Phi) is 5.38. The fourth-order valence-corrected chi connectivity index (χ4v) is 1.93. The second kappa shape index (κ2) is 7.47. The maximum atomic E-state index is 11.9. The summed E-state index contributed by atoms with van der Waals surface area (Å²) in [7, 11) is 2.75. The number of para-hydroxylation sites is 1. The highest BCUT2D eigenvalue weighted by Gasteiger charge is 2.18. The second-order valence-corrected chi connectivity index (χ2v) is 4.61. The van der Waals surface area contributed by atoms with Crippen molar-refractivity contribution in [2.45, 2.75) is 0 Å². The van der Waals surface area contributed by atoms with Gasteiger partial charge in [-0.1, -0.05) is 29.8 Å². The summed E-state index contributed by atoms with van der Waals surface area (Å²) in [6.07, 6.45) is 2.84. The summed E-state index contributed by atoms with van der Waals surface area (Å²) in [6, 6.07) is 10.2. The van der Waals surface area contributed by atoms with Gasteiger partial charge in [-0.2, -0.15) is 0 Å². The summed E-state index contributed by atoms with van der Waals surface area (Å²) in [5.41, 5.74) is 0.764. The molecule has 0 bridgehead atoms. The quantitative estimate of drug-likeness (QED) is 0.478. The van der Waals surface area contributed by atoms with Crippen LogP contribution in [0.25, 0.3) is 5.57 Å². The van der Waals surface area contributed by atoms with Crippen LogP contribution in [0, 0.1) is 0 Å². The van der Waals surface area contributed by atoms with E-state index in [4.69, 9.17) is 25.8 Å². The first-order chi connectivity index (χ1) is 10.7. The van der Waals surface area contributed by atoms with Gasteiger partial charge in [0.05, 0.1) is 20.5 Å². The van der Waals surface area contributed by atoms with Crippen LogP contribution < -0.4 is 4.74 Å². The predicted molar refractivity (Wildman–Crippen MR) is 82.8 cm³/mol. The first kappa shape index (κ1) is 15.9. The van der Waals surface area contributed by atoms with Crippen molar-refractivity contribution in [2.24, 2.45) is 0 Å². The third-order valence-corrected chi connectivity index (χ3v) is 2.96. The van der Waals surface area contributed by atoms with E-state index in [-0.39, 0.29) is 5.57 Å². The summed E-state index contributed by atoms with van der Waals surface area (Å²) >= 11 is 5.91. The minimum Gasteiger partial charge on any atom is -0.503 e. The van der Waals surface area contributed by atoms with Crippen LogP contribution in [0.15, 0.2) is 48.9 Å². The fraction of sp³-hybridized carbons (Fsp3) is 0.125. The highest BCUT2D eigenvalue weighted by Crippen LogP contribution is 2.30. The summed E-state index contributed by atoms with van der Waals surface area (Å²) in [5, 5.41) is 0.503. The van der Waals surface area contributed by atoms with Crippen LogP contribution in [0.3, 0.4) is 0 Å². The number of rotatable bonds is 5. The summed E-state index contributed by atoms with van der Waals surface area (Å²) in [4.78, 5) is 16.0. The molecule has 1 aromatic heterocycles. The number of carbonyl (C=O) groups is 1. The van der Waals surface area contributed by atoms with Gasteiger partial charge in [0.1, 0.15) is 11.3 Å². The lowest BCUT2D eigenvalue weighted by Crippen LogP contribution is -2.05. The van der Waals surface area contributed by atoms with Crippen molar-refractivity contribution in [3.8, 4) is 11.6 Å². The molecule has 2 rings (SSSR count). The van der Waals surface area contributed by atoms with Crippen molar-refractivity contribution < 1.29 is 19.0 Å². The van der Waals surface area contributed by atoms with Gasteiger partial charge in [-0.25, -0.2) is 9.78 Å². The van der Waals surface area contributed by atoms with Crippen molar-refractivity contribution in [1.29, 1.82) is 0 Å². The Morgan fingerprint density at radius 3 is 2.68 bits per heavy atom. The van der Waals surface area contributed by atoms with Crippen molar-refractivity contribution in [3.05, 3.63) is 59.4 Å². The van der Waals surface area contributed by atoms with Crippen molar-refractivity contribution in [3.63, 3.8) is 0 Å². The van der Waals surface area contributed by atoms with Crippen LogP contribution in [-0.4, -0.2) is 25.2 Å². The molecule has 0 radical (unpaired) electrons. The lowest BCUT2D eigenvalue weighted by atomic mass is 10.1. The monoisotopic (exact) mass is 319 g/mol. The molecular formula is C16H14ClNO4. The number of pyridine rings is 1. The van der Waals surface area contributed by atoms with Gasteiger partial charge in [0, 0.05) is 22.8 Å². The molecule has 114 valence electrons. The predicted octanol–water partition coefficient (Wildman–Crippen LogP) is 3.69. The maximum absolute atomic E-state index is 11.9. The average molecular weight is 320 g/mol. The largest absolute Gasteiger partial charge is 0.503 e. The number of benzene rings is 1. The first-order valence-corrected chi connectivity index (χ1v) is 6.73. The zero-order valence-electron chi connectivity index (χ0n) is 12.1. The van der Waals surface area contributed by atoms with E-state index in [9.17, 15) is 4.79 Å². The van der Waals surface area contributed by atoms with E-state index in [1.807, 2.05) is 0 Å². The van der Waals surface area contributed by atoms with Gasteiger partial charge in [0.2, 0.25) is 5.88 Å². The molecule has 0 atom stereocenters. The van der Waals surface area contributed by atoms with Crippen molar-refractivity contribution in [2.75, 3.05) is 14.2 Å². The number of nitrogens with zero attached hydrogens (tertiary/aromatic N) is 1. The van der Waals surface area contributed by atoms with Gasteiger partial charge in [-0.05, 0) is 12.1 Å². The third-order valence-electron chi connectivity index (χ3n) is 2.73. The highest BCUT2D eigenvalue weighted by molar-refractivity contribution is 6.30. The fourth-order valence-electron chi connectivity index (χ4n) is 1.78. The Balaban J connectivity index is 2.41. The number of halogens is 1. The van der Waals surface area contributed by atoms with E-state index in [0.717, 1.165) is 0 Å². The number of hydrogen-bond acceptors (Lipinski definition) is 5. The van der Waals surface area contributed by atoms with Gasteiger partial charge < -0.3 is 14.2 Å². The Hall–Kier alpha value is -2.53. The number of ether oxygens (including phenoxy) is 3. The number of esters is 1. The van der Waals surface area contributed by atoms with Gasteiger partial charge in [-0.3, -0.25) is 0 Å². The highest BCUT2D eigenvalue weighted by atomic mass is 35.5. The van der Waals surface area contributed by atoms with E-state index in [1.165, 1.54) is 26.7 Å². The van der Waals surface area contributed by atoms with Crippen LogP contribution in [0.4, 0.5) is 0 Å². The van der Waals surface area contributed by atoms with E-state index in [2.05, 4.69) is 4.98 Å². The molecule has 5 nitrogen and oxygen atoms in total. The maximum Gasteiger partial charge on any atom is 0.341 e. The minimum absolute atomic E-state index is 0.239. The van der Waals surface area contributed by atoms with E-state index >= 15 is 0 Å². The molecule has 0 N–H and O–H groups in total. The smallest absolute Gasteiger partial charge is 0.341 e. The number of hydrogen-bond donors (Lipinski definition) is 0. The van der Waals surface area contributed by atoms with Gasteiger partial charge in [0.25, 0.3) is 0 Å². The number of methoxy groups -OCH3 is 2. The molecule has 0 aliphatic rings. The van der Waals surface area contributed by atoms with Crippen LogP contribution >= 0.6 is 11.6 Å². The normalized spacial score (nSPS) is 11.0. The zero-order valence-corrected chi connectivity index (χ0v) is 12.8. The average Bonchev–Trinajstić information content (AvgIpc) is 2.53. The molecule has 1 heterocycles. The van der Waals surface area contributed by atoms with E-state index < -0.39 is 5.97 Å². The topological polar surface area (TPSA) is 57.7 Å². The summed E-state index contributed by atoms with van der Waals surface area (Å²) in [5.74, 6) is 0.226. The van der Waals surface area contributed by atoms with E-state index in [0.29, 0.717) is 22.2 Å². The van der Waals surface area contributed by atoms with Crippen molar-refractivity contribution >= 4 is 23.1 Å². The molecule has 0 saturated carbocycles. The summed E-state index contributed by atoms with van der Waals surface area (Å²) < 4.78 is 15.4. The molecule has 6 heteroatoms.